The molecule has 96 valence electrons. The summed E-state index contributed by atoms with van der Waals surface area (Å²) in [6.07, 6.45) is 0.844. The molecular formula is C9H16N4O3S. The van der Waals surface area contributed by atoms with E-state index in [-0.39, 0.29) is 18.3 Å². The van der Waals surface area contributed by atoms with Gasteiger partial charge in [0, 0.05) is 6.61 Å². The van der Waals surface area contributed by atoms with Crippen molar-refractivity contribution in [3.05, 3.63) is 11.4 Å². The van der Waals surface area contributed by atoms with Gasteiger partial charge in [-0.1, -0.05) is 0 Å². The Hall–Kier alpha value is -1.28. The zero-order valence-electron chi connectivity index (χ0n) is 9.84. The van der Waals surface area contributed by atoms with E-state index < -0.39 is 10.0 Å². The van der Waals surface area contributed by atoms with Crippen LogP contribution < -0.4 is 4.72 Å². The first-order chi connectivity index (χ1) is 7.94. The second-order valence-corrected chi connectivity index (χ2v) is 5.50. The normalized spacial score (nSPS) is 11.5. The van der Waals surface area contributed by atoms with Gasteiger partial charge in [-0.25, -0.2) is 18.1 Å². The van der Waals surface area contributed by atoms with Crippen molar-refractivity contribution in [2.24, 2.45) is 0 Å². The number of aliphatic hydroxyl groups excluding tert-OH is 1. The highest BCUT2D eigenvalue weighted by molar-refractivity contribution is 7.92. The Morgan fingerprint density at radius 3 is 2.47 bits per heavy atom. The first kappa shape index (κ1) is 13.8. The highest BCUT2D eigenvalue weighted by Crippen LogP contribution is 2.05. The van der Waals surface area contributed by atoms with E-state index in [2.05, 4.69) is 19.9 Å². The van der Waals surface area contributed by atoms with Gasteiger partial charge in [0.1, 0.15) is 0 Å². The zero-order chi connectivity index (χ0) is 12.9. The van der Waals surface area contributed by atoms with E-state index in [0.29, 0.717) is 24.2 Å². The Morgan fingerprint density at radius 1 is 1.18 bits per heavy atom. The maximum absolute atomic E-state index is 11.6. The summed E-state index contributed by atoms with van der Waals surface area (Å²) in [4.78, 5) is 3.97. The monoisotopic (exact) mass is 260 g/mol. The van der Waals surface area contributed by atoms with Crippen LogP contribution in [0.3, 0.4) is 0 Å². The highest BCUT2D eigenvalue weighted by atomic mass is 32.2. The fourth-order valence-electron chi connectivity index (χ4n) is 1.09. The van der Waals surface area contributed by atoms with Gasteiger partial charge >= 0.3 is 0 Å². The smallest absolute Gasteiger partial charge is 0.256 e. The second-order valence-electron chi connectivity index (χ2n) is 3.66. The molecule has 2 N–H and O–H groups in total. The Bertz CT molecular complexity index is 475. The number of aryl methyl sites for hydroxylation is 2. The van der Waals surface area contributed by atoms with Gasteiger partial charge in [0.05, 0.1) is 17.1 Å². The molecule has 0 aromatic carbocycles. The summed E-state index contributed by atoms with van der Waals surface area (Å²) in [5.74, 6) is -0.0822. The van der Waals surface area contributed by atoms with E-state index >= 15 is 0 Å². The van der Waals surface area contributed by atoms with Crippen LogP contribution in [0.2, 0.25) is 0 Å². The summed E-state index contributed by atoms with van der Waals surface area (Å²) in [6, 6.07) is 0. The van der Waals surface area contributed by atoms with E-state index in [1.165, 1.54) is 0 Å². The summed E-state index contributed by atoms with van der Waals surface area (Å²) in [5, 5.41) is 16.0. The molecule has 0 saturated carbocycles. The van der Waals surface area contributed by atoms with Crippen molar-refractivity contribution >= 4 is 16.0 Å². The van der Waals surface area contributed by atoms with E-state index in [4.69, 9.17) is 5.11 Å². The van der Waals surface area contributed by atoms with Crippen molar-refractivity contribution in [2.45, 2.75) is 26.7 Å². The standard InChI is InChI=1S/C9H16N4O3S/c1-7-8(2)11-12-9(10-7)13-17(15,16)6-4-3-5-14/h14H,3-6H2,1-2H3,(H,10,12,13). The van der Waals surface area contributed by atoms with Crippen LogP contribution in [0.1, 0.15) is 24.2 Å². The largest absolute Gasteiger partial charge is 0.396 e. The highest BCUT2D eigenvalue weighted by Gasteiger charge is 2.12. The number of anilines is 1. The molecule has 0 fully saturated rings. The molecule has 0 aliphatic rings. The minimum atomic E-state index is -3.46. The molecule has 0 unspecified atom stereocenters. The van der Waals surface area contributed by atoms with Gasteiger partial charge in [-0.15, -0.1) is 5.10 Å². The first-order valence-electron chi connectivity index (χ1n) is 5.24. The van der Waals surface area contributed by atoms with E-state index in [1.807, 2.05) is 0 Å². The zero-order valence-corrected chi connectivity index (χ0v) is 10.7. The number of aliphatic hydroxyl groups is 1. The molecule has 1 aromatic heterocycles. The van der Waals surface area contributed by atoms with Crippen molar-refractivity contribution in [2.75, 3.05) is 17.1 Å². The number of hydrogen-bond acceptors (Lipinski definition) is 6. The summed E-state index contributed by atoms with van der Waals surface area (Å²) in [5.41, 5.74) is 1.29. The molecule has 0 bridgehead atoms. The molecule has 1 heterocycles. The van der Waals surface area contributed by atoms with Crippen LogP contribution in [-0.2, 0) is 10.0 Å². The molecule has 1 rings (SSSR count). The molecule has 0 amide bonds. The molecular weight excluding hydrogens is 244 g/mol. The van der Waals surface area contributed by atoms with Crippen LogP contribution in [0.25, 0.3) is 0 Å². The lowest BCUT2D eigenvalue weighted by Gasteiger charge is -2.06. The third kappa shape index (κ3) is 4.61. The van der Waals surface area contributed by atoms with Crippen molar-refractivity contribution in [1.29, 1.82) is 0 Å². The first-order valence-corrected chi connectivity index (χ1v) is 6.89. The Morgan fingerprint density at radius 2 is 1.88 bits per heavy atom. The van der Waals surface area contributed by atoms with Crippen LogP contribution in [0.15, 0.2) is 0 Å². The van der Waals surface area contributed by atoms with Crippen molar-refractivity contribution < 1.29 is 13.5 Å². The third-order valence-electron chi connectivity index (χ3n) is 2.16. The van der Waals surface area contributed by atoms with Gasteiger partial charge in [0.2, 0.25) is 10.0 Å². The summed E-state index contributed by atoms with van der Waals surface area (Å²) >= 11 is 0. The number of nitrogens with zero attached hydrogens (tertiary/aromatic N) is 3. The minimum Gasteiger partial charge on any atom is -0.396 e. The SMILES string of the molecule is Cc1nnc(NS(=O)(=O)CCCCO)nc1C. The summed E-state index contributed by atoms with van der Waals surface area (Å²) in [7, 11) is -3.46. The maximum Gasteiger partial charge on any atom is 0.256 e. The Labute approximate surface area is 100 Å². The average molecular weight is 260 g/mol. The lowest BCUT2D eigenvalue weighted by Crippen LogP contribution is -2.19. The molecule has 0 saturated heterocycles. The summed E-state index contributed by atoms with van der Waals surface area (Å²) < 4.78 is 25.4. The fourth-order valence-corrected chi connectivity index (χ4v) is 2.14. The molecule has 0 aliphatic carbocycles. The topological polar surface area (TPSA) is 105 Å². The molecule has 17 heavy (non-hydrogen) atoms. The molecule has 8 heteroatoms. The van der Waals surface area contributed by atoms with Crippen LogP contribution in [0.4, 0.5) is 5.95 Å². The van der Waals surface area contributed by atoms with Crippen LogP contribution in [-0.4, -0.2) is 41.1 Å². The molecule has 0 spiro atoms. The lowest BCUT2D eigenvalue weighted by atomic mass is 10.4. The van der Waals surface area contributed by atoms with Crippen molar-refractivity contribution in [1.82, 2.24) is 15.2 Å². The third-order valence-corrected chi connectivity index (χ3v) is 3.48. The number of unbranched alkanes of at least 4 members (excludes halogenated alkanes) is 1. The fraction of sp³-hybridized carbons (Fsp3) is 0.667. The predicted octanol–water partition coefficient (Wildman–Crippen LogP) is 0.00264. The average Bonchev–Trinajstić information content (AvgIpc) is 2.23. The van der Waals surface area contributed by atoms with Gasteiger partial charge in [-0.3, -0.25) is 0 Å². The van der Waals surface area contributed by atoms with Gasteiger partial charge in [-0.05, 0) is 26.7 Å². The lowest BCUT2D eigenvalue weighted by molar-refractivity contribution is 0.287. The van der Waals surface area contributed by atoms with E-state index in [1.54, 1.807) is 13.8 Å². The van der Waals surface area contributed by atoms with Gasteiger partial charge in [0.15, 0.2) is 0 Å². The number of rotatable bonds is 6. The quantitative estimate of drug-likeness (QED) is 0.698. The van der Waals surface area contributed by atoms with Crippen molar-refractivity contribution in [3.63, 3.8) is 0 Å². The van der Waals surface area contributed by atoms with E-state index in [0.717, 1.165) is 0 Å². The van der Waals surface area contributed by atoms with Crippen LogP contribution in [0, 0.1) is 13.8 Å². The molecule has 0 radical (unpaired) electrons. The predicted molar refractivity (Wildman–Crippen MR) is 63.0 cm³/mol. The maximum atomic E-state index is 11.6. The Kier molecular flexibility index (Phi) is 4.76. The van der Waals surface area contributed by atoms with Crippen LogP contribution in [0.5, 0.6) is 0 Å². The van der Waals surface area contributed by atoms with Gasteiger partial charge < -0.3 is 5.11 Å². The number of sulfonamides is 1. The van der Waals surface area contributed by atoms with E-state index in [9.17, 15) is 8.42 Å². The second kappa shape index (κ2) is 5.87. The van der Waals surface area contributed by atoms with Gasteiger partial charge in [-0.2, -0.15) is 5.10 Å². The molecule has 1 aromatic rings. The van der Waals surface area contributed by atoms with Gasteiger partial charge in [0.25, 0.3) is 5.95 Å². The van der Waals surface area contributed by atoms with Crippen molar-refractivity contribution in [3.8, 4) is 0 Å². The molecule has 0 aliphatic heterocycles. The molecule has 7 nitrogen and oxygen atoms in total. The minimum absolute atomic E-state index is 0.0166. The summed E-state index contributed by atoms with van der Waals surface area (Å²) in [6.45, 7) is 3.46. The molecule has 0 atom stereocenters. The number of hydrogen-bond donors (Lipinski definition) is 2. The van der Waals surface area contributed by atoms with Crippen LogP contribution >= 0.6 is 0 Å². The Balaban J connectivity index is 2.66. The number of nitrogens with one attached hydrogen (secondary N) is 1. The number of aromatic nitrogens is 3.